The monoisotopic (exact) mass is 255 g/mol. The van der Waals surface area contributed by atoms with Gasteiger partial charge in [-0.05, 0) is 38.0 Å². The summed E-state index contributed by atoms with van der Waals surface area (Å²) in [4.78, 5) is 0. The molecule has 0 radical (unpaired) electrons. The fraction of sp³-hybridized carbons (Fsp3) is 0.455. The van der Waals surface area contributed by atoms with Crippen LogP contribution >= 0.6 is 15.9 Å². The van der Waals surface area contributed by atoms with Crippen molar-refractivity contribution in [2.45, 2.75) is 31.2 Å². The fourth-order valence-electron chi connectivity index (χ4n) is 2.01. The van der Waals surface area contributed by atoms with Crippen LogP contribution in [0.5, 0.6) is 5.75 Å². The smallest absolute Gasteiger partial charge is 0.119 e. The number of benzene rings is 1. The molecule has 1 aromatic rings. The van der Waals surface area contributed by atoms with Crippen molar-refractivity contribution in [3.8, 4) is 5.75 Å². The summed E-state index contributed by atoms with van der Waals surface area (Å²) in [5.74, 6) is 0.364. The Bertz CT molecular complexity index is 358. The van der Waals surface area contributed by atoms with Gasteiger partial charge in [-0.1, -0.05) is 15.9 Å². The van der Waals surface area contributed by atoms with Gasteiger partial charge in [0.1, 0.15) is 5.75 Å². The van der Waals surface area contributed by atoms with Gasteiger partial charge >= 0.3 is 0 Å². The summed E-state index contributed by atoms with van der Waals surface area (Å²) >= 11 is 3.41. The van der Waals surface area contributed by atoms with Crippen LogP contribution in [0.2, 0.25) is 0 Å². The third-order valence-electron chi connectivity index (χ3n) is 3.16. The van der Waals surface area contributed by atoms with Gasteiger partial charge in [0, 0.05) is 21.5 Å². The second-order valence-electron chi connectivity index (χ2n) is 4.11. The summed E-state index contributed by atoms with van der Waals surface area (Å²) < 4.78 is 0.997. The molecule has 0 aromatic heterocycles. The van der Waals surface area contributed by atoms with Crippen LogP contribution in [0.4, 0.5) is 0 Å². The van der Waals surface area contributed by atoms with Crippen LogP contribution in [0.1, 0.15) is 25.3 Å². The molecule has 1 unspecified atom stereocenters. The summed E-state index contributed by atoms with van der Waals surface area (Å²) in [6.07, 6.45) is 2.16. The highest BCUT2D eigenvalue weighted by Crippen LogP contribution is 2.53. The van der Waals surface area contributed by atoms with E-state index in [-0.39, 0.29) is 11.5 Å². The van der Waals surface area contributed by atoms with Gasteiger partial charge in [-0.3, -0.25) is 0 Å². The summed E-state index contributed by atoms with van der Waals surface area (Å²) in [5.41, 5.74) is 6.97. The topological polar surface area (TPSA) is 46.2 Å². The molecule has 0 bridgehead atoms. The molecule has 1 fully saturated rings. The molecule has 0 spiro atoms. The van der Waals surface area contributed by atoms with Crippen LogP contribution in [0, 0.1) is 0 Å². The van der Waals surface area contributed by atoms with Gasteiger partial charge in [0.2, 0.25) is 0 Å². The highest BCUT2D eigenvalue weighted by molar-refractivity contribution is 9.10. The minimum Gasteiger partial charge on any atom is -0.508 e. The van der Waals surface area contributed by atoms with Gasteiger partial charge < -0.3 is 10.8 Å². The van der Waals surface area contributed by atoms with E-state index in [9.17, 15) is 5.11 Å². The van der Waals surface area contributed by atoms with Crippen LogP contribution in [0.15, 0.2) is 22.7 Å². The van der Waals surface area contributed by atoms with E-state index in [0.29, 0.717) is 5.75 Å². The first kappa shape index (κ1) is 9.99. The molecule has 1 aliphatic carbocycles. The Morgan fingerprint density at radius 1 is 1.50 bits per heavy atom. The second kappa shape index (κ2) is 3.24. The molecule has 1 aliphatic rings. The van der Waals surface area contributed by atoms with Gasteiger partial charge in [0.05, 0.1) is 0 Å². The quantitative estimate of drug-likeness (QED) is 0.854. The van der Waals surface area contributed by atoms with E-state index in [1.165, 1.54) is 0 Å². The zero-order chi connectivity index (χ0) is 10.3. The van der Waals surface area contributed by atoms with Gasteiger partial charge in [-0.2, -0.15) is 0 Å². The van der Waals surface area contributed by atoms with Gasteiger partial charge in [0.25, 0.3) is 0 Å². The molecular weight excluding hydrogens is 242 g/mol. The Morgan fingerprint density at radius 3 is 2.64 bits per heavy atom. The van der Waals surface area contributed by atoms with Gasteiger partial charge in [-0.25, -0.2) is 0 Å². The minimum atomic E-state index is 0.0217. The highest BCUT2D eigenvalue weighted by atomic mass is 79.9. The molecule has 2 nitrogen and oxygen atoms in total. The number of nitrogens with two attached hydrogens (primary N) is 1. The van der Waals surface area contributed by atoms with E-state index >= 15 is 0 Å². The lowest BCUT2D eigenvalue weighted by Gasteiger charge is -2.21. The van der Waals surface area contributed by atoms with E-state index in [1.54, 1.807) is 6.07 Å². The maximum Gasteiger partial charge on any atom is 0.119 e. The molecule has 3 heteroatoms. The molecular formula is C11H14BrNO. The van der Waals surface area contributed by atoms with Crippen molar-refractivity contribution in [1.82, 2.24) is 0 Å². The SMILES string of the molecule is CC(N)C1(c2cc(Br)ccc2O)CC1. The molecule has 1 aromatic carbocycles. The first-order valence-corrected chi connectivity index (χ1v) is 5.60. The number of aromatic hydroxyl groups is 1. The predicted molar refractivity (Wildman–Crippen MR) is 60.4 cm³/mol. The second-order valence-corrected chi connectivity index (χ2v) is 5.02. The Morgan fingerprint density at radius 2 is 2.14 bits per heavy atom. The van der Waals surface area contributed by atoms with Crippen LogP contribution in [-0.4, -0.2) is 11.1 Å². The number of phenolic OH excluding ortho intramolecular Hbond substituents is 1. The first-order valence-electron chi connectivity index (χ1n) is 4.81. The van der Waals surface area contributed by atoms with Crippen molar-refractivity contribution >= 4 is 15.9 Å². The van der Waals surface area contributed by atoms with Crippen molar-refractivity contribution in [3.63, 3.8) is 0 Å². The average Bonchev–Trinajstić information content (AvgIpc) is 2.90. The fourth-order valence-corrected chi connectivity index (χ4v) is 2.37. The van der Waals surface area contributed by atoms with Gasteiger partial charge in [0.15, 0.2) is 0 Å². The number of hydrogen-bond acceptors (Lipinski definition) is 2. The highest BCUT2D eigenvalue weighted by Gasteiger charge is 2.48. The first-order chi connectivity index (χ1) is 6.56. The van der Waals surface area contributed by atoms with Crippen LogP contribution in [-0.2, 0) is 5.41 Å². The lowest BCUT2D eigenvalue weighted by molar-refractivity contribution is 0.446. The standard InChI is InChI=1S/C11H14BrNO/c1-7(13)11(4-5-11)9-6-8(12)2-3-10(9)14/h2-3,6-7,14H,4-5,13H2,1H3. The third kappa shape index (κ3) is 1.44. The third-order valence-corrected chi connectivity index (χ3v) is 3.65. The van der Waals surface area contributed by atoms with E-state index in [4.69, 9.17) is 5.73 Å². The molecule has 2 rings (SSSR count). The van der Waals surface area contributed by atoms with Crippen molar-refractivity contribution in [2.24, 2.45) is 5.73 Å². The molecule has 76 valence electrons. The molecule has 0 saturated heterocycles. The Balaban J connectivity index is 2.46. The van der Waals surface area contributed by atoms with E-state index in [2.05, 4.69) is 15.9 Å². The predicted octanol–water partition coefficient (Wildman–Crippen LogP) is 2.53. The maximum absolute atomic E-state index is 9.78. The lowest BCUT2D eigenvalue weighted by atomic mass is 9.89. The number of hydrogen-bond donors (Lipinski definition) is 2. The minimum absolute atomic E-state index is 0.0217. The molecule has 14 heavy (non-hydrogen) atoms. The largest absolute Gasteiger partial charge is 0.508 e. The molecule has 0 amide bonds. The summed E-state index contributed by atoms with van der Waals surface area (Å²) in [6.45, 7) is 2.01. The Kier molecular flexibility index (Phi) is 2.32. The number of halogens is 1. The average molecular weight is 256 g/mol. The van der Waals surface area contributed by atoms with Crippen LogP contribution in [0.3, 0.4) is 0 Å². The molecule has 1 saturated carbocycles. The van der Waals surface area contributed by atoms with Crippen LogP contribution in [0.25, 0.3) is 0 Å². The Labute approximate surface area is 92.3 Å². The van der Waals surface area contributed by atoms with E-state index in [1.807, 2.05) is 19.1 Å². The van der Waals surface area contributed by atoms with Crippen LogP contribution < -0.4 is 5.73 Å². The lowest BCUT2D eigenvalue weighted by Crippen LogP contribution is -2.31. The summed E-state index contributed by atoms with van der Waals surface area (Å²) in [5, 5.41) is 9.78. The number of phenols is 1. The van der Waals surface area contributed by atoms with Crippen molar-refractivity contribution in [2.75, 3.05) is 0 Å². The van der Waals surface area contributed by atoms with Crippen molar-refractivity contribution < 1.29 is 5.11 Å². The maximum atomic E-state index is 9.78. The molecule has 1 atom stereocenters. The normalized spacial score (nSPS) is 20.5. The van der Waals surface area contributed by atoms with E-state index < -0.39 is 0 Å². The zero-order valence-electron chi connectivity index (χ0n) is 8.13. The Hall–Kier alpha value is -0.540. The molecule has 0 aliphatic heterocycles. The zero-order valence-corrected chi connectivity index (χ0v) is 9.71. The van der Waals surface area contributed by atoms with Gasteiger partial charge in [-0.15, -0.1) is 0 Å². The van der Waals surface area contributed by atoms with Crippen molar-refractivity contribution in [3.05, 3.63) is 28.2 Å². The van der Waals surface area contributed by atoms with Crippen molar-refractivity contribution in [1.29, 1.82) is 0 Å². The summed E-state index contributed by atoms with van der Waals surface area (Å²) in [7, 11) is 0. The van der Waals surface area contributed by atoms with E-state index in [0.717, 1.165) is 22.9 Å². The number of rotatable bonds is 2. The molecule has 0 heterocycles. The summed E-state index contributed by atoms with van der Waals surface area (Å²) in [6, 6.07) is 5.65. The molecule has 3 N–H and O–H groups in total.